The number of aryl methyl sites for hydroxylation is 1. The van der Waals surface area contributed by atoms with Crippen LogP contribution in [0.3, 0.4) is 0 Å². The smallest absolute Gasteiger partial charge is 0.231 e. The monoisotopic (exact) mass is 296 g/mol. The minimum Gasteiger partial charge on any atom is -0.308 e. The van der Waals surface area contributed by atoms with Crippen LogP contribution in [0.1, 0.15) is 12.6 Å². The molecule has 1 N–H and O–H groups in total. The number of rotatable bonds is 5. The predicted octanol–water partition coefficient (Wildman–Crippen LogP) is 1.66. The maximum atomic E-state index is 12.0. The molecule has 0 bridgehead atoms. The van der Waals surface area contributed by atoms with Crippen LogP contribution in [0.5, 0.6) is 0 Å². The first kappa shape index (κ1) is 14.0. The van der Waals surface area contributed by atoms with E-state index in [4.69, 9.17) is 0 Å². The van der Waals surface area contributed by atoms with E-state index in [9.17, 15) is 4.79 Å². The van der Waals surface area contributed by atoms with E-state index in [1.165, 1.54) is 11.0 Å². The van der Waals surface area contributed by atoms with Crippen molar-refractivity contribution >= 4 is 11.7 Å². The molecule has 22 heavy (non-hydrogen) atoms. The lowest BCUT2D eigenvalue weighted by Crippen LogP contribution is -2.15. The molecule has 0 aliphatic heterocycles. The van der Waals surface area contributed by atoms with Gasteiger partial charge < -0.3 is 5.32 Å². The summed E-state index contributed by atoms with van der Waals surface area (Å²) in [5.41, 5.74) is 1.66. The summed E-state index contributed by atoms with van der Waals surface area (Å²) in [7, 11) is 0. The summed E-state index contributed by atoms with van der Waals surface area (Å²) in [5, 5.41) is 15.2. The molecule has 2 aromatic heterocycles. The Hall–Kier alpha value is -2.96. The van der Waals surface area contributed by atoms with Gasteiger partial charge in [-0.25, -0.2) is 4.68 Å². The van der Waals surface area contributed by atoms with Gasteiger partial charge in [0.15, 0.2) is 5.82 Å². The van der Waals surface area contributed by atoms with E-state index in [1.54, 1.807) is 4.68 Å². The van der Waals surface area contributed by atoms with Gasteiger partial charge in [-0.15, -0.1) is 5.10 Å². The van der Waals surface area contributed by atoms with Crippen molar-refractivity contribution in [2.45, 2.75) is 19.9 Å². The standard InChI is InChI=1S/C15H16N6O/c1-2-21-16-11-14(19-21)17-15(22)10-12-8-9-20(18-12)13-6-4-3-5-7-13/h3-9,11H,2,10H2,1H3,(H,17,19,22). The predicted molar refractivity (Wildman–Crippen MR) is 81.6 cm³/mol. The van der Waals surface area contributed by atoms with E-state index in [2.05, 4.69) is 20.6 Å². The zero-order chi connectivity index (χ0) is 15.4. The molecule has 0 aliphatic carbocycles. The molecule has 7 nitrogen and oxygen atoms in total. The third kappa shape index (κ3) is 3.20. The molecule has 2 heterocycles. The second kappa shape index (κ2) is 6.21. The Labute approximate surface area is 127 Å². The highest BCUT2D eigenvalue weighted by molar-refractivity contribution is 5.90. The highest BCUT2D eigenvalue weighted by atomic mass is 16.1. The van der Waals surface area contributed by atoms with E-state index >= 15 is 0 Å². The van der Waals surface area contributed by atoms with Crippen molar-refractivity contribution in [1.82, 2.24) is 24.8 Å². The highest BCUT2D eigenvalue weighted by Crippen LogP contribution is 2.08. The summed E-state index contributed by atoms with van der Waals surface area (Å²) in [6, 6.07) is 11.6. The number of anilines is 1. The van der Waals surface area contributed by atoms with Crippen molar-refractivity contribution in [2.24, 2.45) is 0 Å². The molecule has 112 valence electrons. The maximum absolute atomic E-state index is 12.0. The second-order valence-corrected chi connectivity index (χ2v) is 4.73. The van der Waals surface area contributed by atoms with E-state index in [-0.39, 0.29) is 12.3 Å². The van der Waals surface area contributed by atoms with Gasteiger partial charge in [0.1, 0.15) is 0 Å². The van der Waals surface area contributed by atoms with Crippen molar-refractivity contribution in [1.29, 1.82) is 0 Å². The second-order valence-electron chi connectivity index (χ2n) is 4.73. The molecule has 0 saturated heterocycles. The fourth-order valence-electron chi connectivity index (χ4n) is 2.04. The van der Waals surface area contributed by atoms with Gasteiger partial charge in [-0.05, 0) is 25.1 Å². The largest absolute Gasteiger partial charge is 0.308 e. The molecule has 3 aromatic rings. The Kier molecular flexibility index (Phi) is 3.95. The number of hydrogen-bond acceptors (Lipinski definition) is 4. The third-order valence-corrected chi connectivity index (χ3v) is 3.09. The fourth-order valence-corrected chi connectivity index (χ4v) is 2.04. The molecule has 7 heteroatoms. The topological polar surface area (TPSA) is 77.6 Å². The Bertz CT molecular complexity index is 761. The summed E-state index contributed by atoms with van der Waals surface area (Å²) in [6.07, 6.45) is 3.56. The van der Waals surface area contributed by atoms with Crippen molar-refractivity contribution in [3.8, 4) is 5.69 Å². The lowest BCUT2D eigenvalue weighted by molar-refractivity contribution is -0.115. The molecular formula is C15H16N6O. The van der Waals surface area contributed by atoms with Crippen molar-refractivity contribution in [2.75, 3.05) is 5.32 Å². The van der Waals surface area contributed by atoms with Crippen LogP contribution in [0.2, 0.25) is 0 Å². The number of amides is 1. The number of nitrogens with one attached hydrogen (secondary N) is 1. The average molecular weight is 296 g/mol. The Balaban J connectivity index is 1.63. The Morgan fingerprint density at radius 1 is 1.18 bits per heavy atom. The lowest BCUT2D eigenvalue weighted by Gasteiger charge is -2.01. The van der Waals surface area contributed by atoms with Crippen LogP contribution >= 0.6 is 0 Å². The summed E-state index contributed by atoms with van der Waals surface area (Å²) in [6.45, 7) is 2.60. The molecule has 0 radical (unpaired) electrons. The SMILES string of the molecule is CCn1ncc(NC(=O)Cc2ccn(-c3ccccc3)n2)n1. The van der Waals surface area contributed by atoms with Gasteiger partial charge in [0, 0.05) is 6.20 Å². The highest BCUT2D eigenvalue weighted by Gasteiger charge is 2.09. The normalized spacial score (nSPS) is 10.6. The minimum atomic E-state index is -0.165. The van der Waals surface area contributed by atoms with Crippen LogP contribution in [0, 0.1) is 0 Å². The van der Waals surface area contributed by atoms with E-state index in [1.807, 2.05) is 49.5 Å². The lowest BCUT2D eigenvalue weighted by atomic mass is 10.3. The van der Waals surface area contributed by atoms with E-state index in [0.717, 1.165) is 5.69 Å². The van der Waals surface area contributed by atoms with Crippen molar-refractivity contribution < 1.29 is 4.79 Å². The van der Waals surface area contributed by atoms with Gasteiger partial charge in [-0.3, -0.25) is 4.79 Å². The number of nitrogens with zero attached hydrogens (tertiary/aromatic N) is 5. The summed E-state index contributed by atoms with van der Waals surface area (Å²) in [4.78, 5) is 13.5. The molecule has 0 fully saturated rings. The van der Waals surface area contributed by atoms with Gasteiger partial charge in [0.2, 0.25) is 5.91 Å². The first-order chi connectivity index (χ1) is 10.7. The van der Waals surface area contributed by atoms with E-state index < -0.39 is 0 Å². The van der Waals surface area contributed by atoms with Gasteiger partial charge >= 0.3 is 0 Å². The molecule has 1 aromatic carbocycles. The Morgan fingerprint density at radius 2 is 2.00 bits per heavy atom. The Morgan fingerprint density at radius 3 is 2.73 bits per heavy atom. The molecule has 1 amide bonds. The summed E-state index contributed by atoms with van der Waals surface area (Å²) in [5.74, 6) is 0.288. The van der Waals surface area contributed by atoms with Crippen LogP contribution in [0.4, 0.5) is 5.82 Å². The molecule has 3 rings (SSSR count). The van der Waals surface area contributed by atoms with Crippen LogP contribution in [-0.2, 0) is 17.8 Å². The van der Waals surface area contributed by atoms with Crippen LogP contribution in [0.15, 0.2) is 48.8 Å². The number of aromatic nitrogens is 5. The number of hydrogen-bond donors (Lipinski definition) is 1. The fraction of sp³-hybridized carbons (Fsp3) is 0.200. The van der Waals surface area contributed by atoms with Crippen LogP contribution in [0.25, 0.3) is 5.69 Å². The van der Waals surface area contributed by atoms with Gasteiger partial charge in [-0.1, -0.05) is 18.2 Å². The summed E-state index contributed by atoms with van der Waals surface area (Å²) < 4.78 is 1.75. The van der Waals surface area contributed by atoms with Crippen LogP contribution < -0.4 is 5.32 Å². The molecular weight excluding hydrogens is 280 g/mol. The third-order valence-electron chi connectivity index (χ3n) is 3.09. The van der Waals surface area contributed by atoms with Gasteiger partial charge in [0.05, 0.1) is 30.5 Å². The molecule has 0 aliphatic rings. The molecule has 0 atom stereocenters. The quantitative estimate of drug-likeness (QED) is 0.777. The molecule has 0 spiro atoms. The maximum Gasteiger partial charge on any atom is 0.231 e. The molecule has 0 saturated carbocycles. The van der Waals surface area contributed by atoms with Crippen LogP contribution in [-0.4, -0.2) is 30.7 Å². The number of benzene rings is 1. The number of carbonyl (C=O) groups is 1. The van der Waals surface area contributed by atoms with Crippen molar-refractivity contribution in [3.63, 3.8) is 0 Å². The number of carbonyl (C=O) groups excluding carboxylic acids is 1. The zero-order valence-corrected chi connectivity index (χ0v) is 12.2. The molecule has 0 unspecified atom stereocenters. The summed E-state index contributed by atoms with van der Waals surface area (Å²) >= 11 is 0. The minimum absolute atomic E-state index is 0.165. The van der Waals surface area contributed by atoms with Crippen molar-refractivity contribution in [3.05, 3.63) is 54.5 Å². The number of para-hydroxylation sites is 1. The van der Waals surface area contributed by atoms with Gasteiger partial charge in [0.25, 0.3) is 0 Å². The first-order valence-corrected chi connectivity index (χ1v) is 7.04. The average Bonchev–Trinajstić information content (AvgIpc) is 3.17. The van der Waals surface area contributed by atoms with E-state index in [0.29, 0.717) is 18.1 Å². The first-order valence-electron chi connectivity index (χ1n) is 7.04. The zero-order valence-electron chi connectivity index (χ0n) is 12.2. The van der Waals surface area contributed by atoms with Gasteiger partial charge in [-0.2, -0.15) is 15.0 Å².